The third-order valence-electron chi connectivity index (χ3n) is 3.79. The third-order valence-corrected chi connectivity index (χ3v) is 4.36. The number of H-pyrrole nitrogens is 1. The molecule has 0 unspecified atom stereocenters. The second-order valence-electron chi connectivity index (χ2n) is 5.51. The molecule has 126 valence electrons. The fourth-order valence-corrected chi connectivity index (χ4v) is 3.04. The number of anilines is 1. The maximum Gasteiger partial charge on any atom is 0.280 e. The van der Waals surface area contributed by atoms with Gasteiger partial charge in [-0.2, -0.15) is 18.1 Å². The van der Waals surface area contributed by atoms with E-state index < -0.39 is 22.0 Å². The number of hydrogen-bond donors (Lipinski definition) is 4. The first-order valence-corrected chi connectivity index (χ1v) is 8.44. The lowest BCUT2D eigenvalue weighted by Gasteiger charge is -2.16. The number of hydrogen-bond acceptors (Lipinski definition) is 7. The number of aromatic nitrogens is 4. The van der Waals surface area contributed by atoms with Crippen LogP contribution in [0.3, 0.4) is 0 Å². The third kappa shape index (κ3) is 3.19. The molecule has 0 bridgehead atoms. The molecule has 0 aliphatic carbocycles. The van der Waals surface area contributed by atoms with Gasteiger partial charge in [0.05, 0.1) is 12.4 Å². The topological polar surface area (TPSA) is 171 Å². The Morgan fingerprint density at radius 1 is 1.57 bits per heavy atom. The lowest BCUT2D eigenvalue weighted by atomic mass is 10.0. The first-order valence-electron chi connectivity index (χ1n) is 6.90. The van der Waals surface area contributed by atoms with E-state index in [1.165, 1.54) is 6.33 Å². The van der Waals surface area contributed by atoms with Gasteiger partial charge in [0.2, 0.25) is 5.95 Å². The van der Waals surface area contributed by atoms with E-state index in [0.717, 1.165) is 0 Å². The van der Waals surface area contributed by atoms with E-state index in [-0.39, 0.29) is 30.0 Å². The largest absolute Gasteiger partial charge is 0.369 e. The Hall–Kier alpha value is -2.02. The number of nitrogens with zero attached hydrogens (tertiary/aromatic N) is 3. The Morgan fingerprint density at radius 2 is 2.30 bits per heavy atom. The summed E-state index contributed by atoms with van der Waals surface area (Å²) in [5, 5.41) is 4.92. The average molecular weight is 343 g/mol. The second kappa shape index (κ2) is 5.56. The van der Waals surface area contributed by atoms with Gasteiger partial charge < -0.3 is 10.5 Å². The molecule has 6 N–H and O–H groups in total. The highest BCUT2D eigenvalue weighted by Gasteiger charge is 2.34. The minimum absolute atomic E-state index is 0.0114. The van der Waals surface area contributed by atoms with Crippen molar-refractivity contribution in [3.8, 4) is 0 Å². The van der Waals surface area contributed by atoms with Crippen LogP contribution in [0.15, 0.2) is 11.1 Å². The SMILES string of the molecule is C[C@H]1C[C@H](n2cnc3c(=O)[nH]c(N)nc32)O[C@@H]1CNS(N)(=O)=O. The normalized spacial score (nSPS) is 25.2. The van der Waals surface area contributed by atoms with Crippen LogP contribution in [0.2, 0.25) is 0 Å². The van der Waals surface area contributed by atoms with Crippen molar-refractivity contribution >= 4 is 27.3 Å². The molecule has 23 heavy (non-hydrogen) atoms. The van der Waals surface area contributed by atoms with Gasteiger partial charge in [0, 0.05) is 6.54 Å². The van der Waals surface area contributed by atoms with Gasteiger partial charge in [0.15, 0.2) is 11.2 Å². The molecule has 2 aromatic rings. The van der Waals surface area contributed by atoms with E-state index in [9.17, 15) is 13.2 Å². The van der Waals surface area contributed by atoms with Crippen molar-refractivity contribution in [2.75, 3.05) is 12.3 Å². The lowest BCUT2D eigenvalue weighted by Crippen LogP contribution is -2.38. The Bertz CT molecular complexity index is 889. The standard InChI is InChI=1S/C11H17N7O4S/c1-5-2-7(22-6(5)3-15-23(13,20)21)18-4-14-8-9(18)16-11(12)17-10(8)19/h4-7,15H,2-3H2,1H3,(H2,13,20,21)(H3,12,16,17,19)/t5-,6+,7+/m0/s1. The molecule has 0 amide bonds. The molecule has 0 aromatic carbocycles. The minimum Gasteiger partial charge on any atom is -0.369 e. The van der Waals surface area contributed by atoms with E-state index >= 15 is 0 Å². The summed E-state index contributed by atoms with van der Waals surface area (Å²) in [5.41, 5.74) is 5.63. The first kappa shape index (κ1) is 15.9. The summed E-state index contributed by atoms with van der Waals surface area (Å²) in [6.07, 6.45) is 1.29. The van der Waals surface area contributed by atoms with Crippen molar-refractivity contribution in [1.29, 1.82) is 0 Å². The van der Waals surface area contributed by atoms with Crippen LogP contribution < -0.4 is 21.2 Å². The van der Waals surface area contributed by atoms with Crippen molar-refractivity contribution in [3.63, 3.8) is 0 Å². The Kier molecular flexibility index (Phi) is 3.83. The molecule has 3 heterocycles. The molecule has 1 saturated heterocycles. The van der Waals surface area contributed by atoms with Gasteiger partial charge in [-0.05, 0) is 12.3 Å². The zero-order valence-electron chi connectivity index (χ0n) is 12.3. The Balaban J connectivity index is 1.85. The summed E-state index contributed by atoms with van der Waals surface area (Å²) in [6, 6.07) is 0. The zero-order valence-corrected chi connectivity index (χ0v) is 13.1. The van der Waals surface area contributed by atoms with Gasteiger partial charge in [-0.15, -0.1) is 0 Å². The van der Waals surface area contributed by atoms with E-state index in [2.05, 4.69) is 19.7 Å². The van der Waals surface area contributed by atoms with Crippen molar-refractivity contribution in [1.82, 2.24) is 24.2 Å². The van der Waals surface area contributed by atoms with Gasteiger partial charge in [0.1, 0.15) is 6.23 Å². The summed E-state index contributed by atoms with van der Waals surface area (Å²) < 4.78 is 31.7. The van der Waals surface area contributed by atoms with Crippen LogP contribution in [0.1, 0.15) is 19.6 Å². The molecule has 3 atom stereocenters. The molecule has 11 nitrogen and oxygen atoms in total. The summed E-state index contributed by atoms with van der Waals surface area (Å²) in [6.45, 7) is 2.00. The minimum atomic E-state index is -3.78. The summed E-state index contributed by atoms with van der Waals surface area (Å²) in [4.78, 5) is 22.3. The first-order chi connectivity index (χ1) is 10.7. The highest BCUT2D eigenvalue weighted by atomic mass is 32.2. The van der Waals surface area contributed by atoms with Gasteiger partial charge >= 0.3 is 0 Å². The van der Waals surface area contributed by atoms with E-state index in [1.807, 2.05) is 6.92 Å². The van der Waals surface area contributed by atoms with Crippen LogP contribution in [-0.4, -0.2) is 40.6 Å². The molecule has 0 radical (unpaired) electrons. The molecule has 12 heteroatoms. The molecule has 0 spiro atoms. The summed E-state index contributed by atoms with van der Waals surface area (Å²) >= 11 is 0. The predicted molar refractivity (Wildman–Crippen MR) is 81.4 cm³/mol. The number of nitrogens with one attached hydrogen (secondary N) is 2. The molecule has 0 saturated carbocycles. The van der Waals surface area contributed by atoms with Crippen LogP contribution in [0, 0.1) is 5.92 Å². The van der Waals surface area contributed by atoms with Crippen LogP contribution in [-0.2, 0) is 14.9 Å². The Labute approximate surface area is 131 Å². The van der Waals surface area contributed by atoms with Gasteiger partial charge in [-0.25, -0.2) is 10.1 Å². The van der Waals surface area contributed by atoms with Gasteiger partial charge in [-0.3, -0.25) is 14.3 Å². The second-order valence-corrected chi connectivity index (χ2v) is 6.89. The van der Waals surface area contributed by atoms with Crippen molar-refractivity contribution in [3.05, 3.63) is 16.7 Å². The zero-order chi connectivity index (χ0) is 16.8. The maximum atomic E-state index is 11.8. The number of nitrogens with two attached hydrogens (primary N) is 2. The van der Waals surface area contributed by atoms with Gasteiger partial charge in [-0.1, -0.05) is 6.92 Å². The smallest absolute Gasteiger partial charge is 0.280 e. The molecule has 3 rings (SSSR count). The fourth-order valence-electron chi connectivity index (χ4n) is 2.64. The molecule has 1 fully saturated rings. The van der Waals surface area contributed by atoms with Crippen molar-refractivity contribution < 1.29 is 13.2 Å². The highest BCUT2D eigenvalue weighted by Crippen LogP contribution is 2.34. The van der Waals surface area contributed by atoms with E-state index in [1.54, 1.807) is 4.57 Å². The van der Waals surface area contributed by atoms with Crippen LogP contribution >= 0.6 is 0 Å². The molecular weight excluding hydrogens is 326 g/mol. The Morgan fingerprint density at radius 3 is 3.00 bits per heavy atom. The average Bonchev–Trinajstić information content (AvgIpc) is 2.99. The number of fused-ring (bicyclic) bond motifs is 1. The summed E-state index contributed by atoms with van der Waals surface area (Å²) in [5.74, 6) is 0.0637. The van der Waals surface area contributed by atoms with E-state index in [4.69, 9.17) is 15.6 Å². The number of ether oxygens (including phenoxy) is 1. The van der Waals surface area contributed by atoms with Crippen LogP contribution in [0.25, 0.3) is 11.2 Å². The van der Waals surface area contributed by atoms with Crippen molar-refractivity contribution in [2.24, 2.45) is 11.1 Å². The van der Waals surface area contributed by atoms with Crippen molar-refractivity contribution in [2.45, 2.75) is 25.7 Å². The number of aromatic amines is 1. The highest BCUT2D eigenvalue weighted by molar-refractivity contribution is 7.87. The fraction of sp³-hybridized carbons (Fsp3) is 0.545. The van der Waals surface area contributed by atoms with E-state index in [0.29, 0.717) is 12.1 Å². The molecule has 1 aliphatic heterocycles. The molecule has 1 aliphatic rings. The van der Waals surface area contributed by atoms with Crippen LogP contribution in [0.5, 0.6) is 0 Å². The lowest BCUT2D eigenvalue weighted by molar-refractivity contribution is 0.00152. The molecular formula is C11H17N7O4S. The van der Waals surface area contributed by atoms with Gasteiger partial charge in [0.25, 0.3) is 15.8 Å². The number of rotatable bonds is 4. The quantitative estimate of drug-likeness (QED) is 0.518. The maximum absolute atomic E-state index is 11.8. The number of imidazole rings is 1. The van der Waals surface area contributed by atoms with Crippen LogP contribution in [0.4, 0.5) is 5.95 Å². The predicted octanol–water partition coefficient (Wildman–Crippen LogP) is -1.58. The molecule has 2 aromatic heterocycles. The number of nitrogen functional groups attached to an aromatic ring is 1. The summed E-state index contributed by atoms with van der Waals surface area (Å²) in [7, 11) is -3.78. The monoisotopic (exact) mass is 343 g/mol.